The number of aryl methyl sites for hydroxylation is 2. The molecule has 0 saturated heterocycles. The highest BCUT2D eigenvalue weighted by Gasteiger charge is 2.26. The maximum absolute atomic E-state index is 14.6. The molecule has 0 atom stereocenters. The van der Waals surface area contributed by atoms with Crippen molar-refractivity contribution >= 4 is 28.8 Å². The molecule has 0 spiro atoms. The van der Waals surface area contributed by atoms with Crippen molar-refractivity contribution in [2.45, 2.75) is 6.92 Å². The lowest BCUT2D eigenvalue weighted by Gasteiger charge is -2.13. The molecule has 0 unspecified atom stereocenters. The predicted octanol–water partition coefficient (Wildman–Crippen LogP) is 4.99. The van der Waals surface area contributed by atoms with Crippen LogP contribution in [0, 0.1) is 28.7 Å². The number of hydrogen-bond donors (Lipinski definition) is 1. The summed E-state index contributed by atoms with van der Waals surface area (Å²) in [4.78, 5) is 10.7. The smallest absolute Gasteiger partial charge is 0.299 e. The summed E-state index contributed by atoms with van der Waals surface area (Å²) in [6, 6.07) is 6.28. The lowest BCUT2D eigenvalue weighted by Crippen LogP contribution is -2.05. The molecule has 3 aromatic rings. The molecule has 2 aromatic carbocycles. The van der Waals surface area contributed by atoms with Gasteiger partial charge in [-0.2, -0.15) is 5.10 Å². The van der Waals surface area contributed by atoms with Crippen LogP contribution in [0.3, 0.4) is 0 Å². The molecule has 3 rings (SSSR count). The summed E-state index contributed by atoms with van der Waals surface area (Å²) in [5.41, 5.74) is -0.193. The second-order valence-electron chi connectivity index (χ2n) is 5.91. The fourth-order valence-electron chi connectivity index (χ4n) is 2.91. The SMILES string of the molecule is COc1cc(F)c(Nc2c(-c3c(F)cccc3Cl)c(C)nn2C)c([N+](=O)[O-])c1. The van der Waals surface area contributed by atoms with E-state index in [4.69, 9.17) is 16.3 Å². The zero-order chi connectivity index (χ0) is 20.6. The Hall–Kier alpha value is -3.20. The lowest BCUT2D eigenvalue weighted by molar-refractivity contribution is -0.384. The van der Waals surface area contributed by atoms with Crippen LogP contribution in [0.25, 0.3) is 11.1 Å². The number of nitrogens with one attached hydrogen (secondary N) is 1. The van der Waals surface area contributed by atoms with Gasteiger partial charge in [0.05, 0.1) is 34.4 Å². The topological polar surface area (TPSA) is 82.2 Å². The standard InChI is InChI=1S/C18H15ClF2N4O3/c1-9-15(16-11(19)5-4-6-12(16)20)18(24(2)23-9)22-17-13(21)7-10(28-3)8-14(17)25(26)27/h4-8,22H,1-3H3. The second-order valence-corrected chi connectivity index (χ2v) is 6.32. The average molecular weight is 409 g/mol. The Balaban J connectivity index is 2.22. The van der Waals surface area contributed by atoms with Crippen LogP contribution in [-0.4, -0.2) is 21.8 Å². The Morgan fingerprint density at radius 3 is 2.57 bits per heavy atom. The van der Waals surface area contributed by atoms with Crippen molar-refractivity contribution in [1.29, 1.82) is 0 Å². The first-order valence-electron chi connectivity index (χ1n) is 8.01. The minimum absolute atomic E-state index is 0.00620. The third kappa shape index (κ3) is 3.36. The predicted molar refractivity (Wildman–Crippen MR) is 101 cm³/mol. The number of nitro benzene ring substituents is 1. The molecule has 28 heavy (non-hydrogen) atoms. The van der Waals surface area contributed by atoms with E-state index in [1.807, 2.05) is 0 Å². The van der Waals surface area contributed by atoms with Gasteiger partial charge in [0.25, 0.3) is 5.69 Å². The molecule has 0 aliphatic rings. The van der Waals surface area contributed by atoms with Crippen molar-refractivity contribution in [2.75, 3.05) is 12.4 Å². The van der Waals surface area contributed by atoms with Gasteiger partial charge in [0.2, 0.25) is 0 Å². The van der Waals surface area contributed by atoms with Gasteiger partial charge in [-0.1, -0.05) is 17.7 Å². The van der Waals surface area contributed by atoms with Gasteiger partial charge in [0.15, 0.2) is 11.5 Å². The molecule has 0 radical (unpaired) electrons. The number of ether oxygens (including phenoxy) is 1. The number of methoxy groups -OCH3 is 1. The molecule has 7 nitrogen and oxygen atoms in total. The number of aromatic nitrogens is 2. The Morgan fingerprint density at radius 2 is 1.96 bits per heavy atom. The van der Waals surface area contributed by atoms with E-state index in [2.05, 4.69) is 10.4 Å². The van der Waals surface area contributed by atoms with E-state index in [9.17, 15) is 18.9 Å². The summed E-state index contributed by atoms with van der Waals surface area (Å²) in [7, 11) is 2.81. The molecule has 0 aliphatic heterocycles. The summed E-state index contributed by atoms with van der Waals surface area (Å²) in [6.07, 6.45) is 0. The Kier molecular flexibility index (Phi) is 5.19. The summed E-state index contributed by atoms with van der Waals surface area (Å²) in [5.74, 6) is -1.36. The van der Waals surface area contributed by atoms with Crippen molar-refractivity contribution in [3.8, 4) is 16.9 Å². The Bertz CT molecular complexity index is 1060. The van der Waals surface area contributed by atoms with Crippen LogP contribution < -0.4 is 10.1 Å². The quantitative estimate of drug-likeness (QED) is 0.475. The van der Waals surface area contributed by atoms with Gasteiger partial charge < -0.3 is 10.1 Å². The first-order valence-corrected chi connectivity index (χ1v) is 8.39. The molecule has 0 aliphatic carbocycles. The zero-order valence-electron chi connectivity index (χ0n) is 15.1. The maximum Gasteiger partial charge on any atom is 0.299 e. The maximum atomic E-state index is 14.6. The first-order chi connectivity index (χ1) is 13.2. The highest BCUT2D eigenvalue weighted by Crippen LogP contribution is 2.41. The lowest BCUT2D eigenvalue weighted by atomic mass is 10.0. The largest absolute Gasteiger partial charge is 0.496 e. The van der Waals surface area contributed by atoms with Crippen LogP contribution in [0.4, 0.5) is 26.0 Å². The van der Waals surface area contributed by atoms with Crippen molar-refractivity contribution < 1.29 is 18.4 Å². The molecule has 0 amide bonds. The molecule has 146 valence electrons. The van der Waals surface area contributed by atoms with E-state index in [-0.39, 0.29) is 27.7 Å². The normalized spacial score (nSPS) is 10.8. The number of halogens is 3. The Labute approximate surface area is 163 Å². The molecule has 0 saturated carbocycles. The molecular formula is C18H15ClF2N4O3. The van der Waals surface area contributed by atoms with E-state index in [1.54, 1.807) is 14.0 Å². The first kappa shape index (κ1) is 19.6. The minimum Gasteiger partial charge on any atom is -0.496 e. The number of hydrogen-bond acceptors (Lipinski definition) is 5. The van der Waals surface area contributed by atoms with Crippen LogP contribution in [0.1, 0.15) is 5.69 Å². The summed E-state index contributed by atoms with van der Waals surface area (Å²) in [5, 5.41) is 18.5. The molecule has 1 heterocycles. The third-order valence-corrected chi connectivity index (χ3v) is 4.47. The zero-order valence-corrected chi connectivity index (χ0v) is 15.8. The van der Waals surface area contributed by atoms with Gasteiger partial charge in [-0.05, 0) is 19.1 Å². The summed E-state index contributed by atoms with van der Waals surface area (Å²) in [6.45, 7) is 1.63. The molecular weight excluding hydrogens is 394 g/mol. The third-order valence-electron chi connectivity index (χ3n) is 4.15. The summed E-state index contributed by atoms with van der Waals surface area (Å²) < 4.78 is 35.3. The van der Waals surface area contributed by atoms with Crippen LogP contribution in [0.2, 0.25) is 5.02 Å². The fraction of sp³-hybridized carbons (Fsp3) is 0.167. The van der Waals surface area contributed by atoms with Gasteiger partial charge in [-0.25, -0.2) is 8.78 Å². The number of nitro groups is 1. The number of nitrogens with zero attached hydrogens (tertiary/aromatic N) is 3. The molecule has 1 aromatic heterocycles. The number of rotatable bonds is 5. The van der Waals surface area contributed by atoms with E-state index in [0.29, 0.717) is 5.69 Å². The molecule has 0 bridgehead atoms. The van der Waals surface area contributed by atoms with Crippen molar-refractivity contribution in [3.05, 3.63) is 62.8 Å². The van der Waals surface area contributed by atoms with Gasteiger partial charge in [-0.3, -0.25) is 14.8 Å². The Morgan fingerprint density at radius 1 is 1.25 bits per heavy atom. The van der Waals surface area contributed by atoms with Crippen molar-refractivity contribution in [1.82, 2.24) is 9.78 Å². The minimum atomic E-state index is -0.907. The van der Waals surface area contributed by atoms with Crippen LogP contribution in [0.15, 0.2) is 30.3 Å². The highest BCUT2D eigenvalue weighted by atomic mass is 35.5. The fourth-order valence-corrected chi connectivity index (χ4v) is 3.17. The monoisotopic (exact) mass is 408 g/mol. The van der Waals surface area contributed by atoms with Crippen LogP contribution in [0.5, 0.6) is 5.75 Å². The van der Waals surface area contributed by atoms with Gasteiger partial charge in [0, 0.05) is 18.7 Å². The van der Waals surface area contributed by atoms with E-state index < -0.39 is 27.9 Å². The average Bonchev–Trinajstić information content (AvgIpc) is 2.90. The van der Waals surface area contributed by atoms with E-state index in [0.717, 1.165) is 12.1 Å². The molecule has 0 fully saturated rings. The van der Waals surface area contributed by atoms with Crippen molar-refractivity contribution in [2.24, 2.45) is 7.05 Å². The van der Waals surface area contributed by atoms with Gasteiger partial charge in [0.1, 0.15) is 17.4 Å². The van der Waals surface area contributed by atoms with E-state index >= 15 is 0 Å². The van der Waals surface area contributed by atoms with Gasteiger partial charge >= 0.3 is 0 Å². The molecule has 10 heteroatoms. The van der Waals surface area contributed by atoms with Crippen LogP contribution >= 0.6 is 11.6 Å². The van der Waals surface area contributed by atoms with E-state index in [1.165, 1.54) is 30.0 Å². The van der Waals surface area contributed by atoms with Crippen molar-refractivity contribution in [3.63, 3.8) is 0 Å². The summed E-state index contributed by atoms with van der Waals surface area (Å²) >= 11 is 6.17. The number of anilines is 2. The molecule has 1 N–H and O–H groups in total. The van der Waals surface area contributed by atoms with Crippen LogP contribution in [-0.2, 0) is 7.05 Å². The number of benzene rings is 2. The van der Waals surface area contributed by atoms with Gasteiger partial charge in [-0.15, -0.1) is 0 Å². The second kappa shape index (κ2) is 7.43. The highest BCUT2D eigenvalue weighted by molar-refractivity contribution is 6.33.